The van der Waals surface area contributed by atoms with Crippen LogP contribution in [0.2, 0.25) is 0 Å². The highest BCUT2D eigenvalue weighted by Crippen LogP contribution is 2.25. The Balaban J connectivity index is 1.91. The molecule has 0 radical (unpaired) electrons. The molecule has 0 unspecified atom stereocenters. The molecule has 6 nitrogen and oxygen atoms in total. The highest BCUT2D eigenvalue weighted by Gasteiger charge is 2.01. The van der Waals surface area contributed by atoms with Crippen molar-refractivity contribution in [3.05, 3.63) is 48.5 Å². The minimum atomic E-state index is -0.354. The highest BCUT2D eigenvalue weighted by molar-refractivity contribution is 5.69. The smallest absolute Gasteiger partial charge is 0.308 e. The lowest BCUT2D eigenvalue weighted by Gasteiger charge is -2.09. The van der Waals surface area contributed by atoms with Gasteiger partial charge in [-0.1, -0.05) is 0 Å². The second kappa shape index (κ2) is 8.02. The van der Waals surface area contributed by atoms with Crippen molar-refractivity contribution >= 4 is 5.97 Å². The summed E-state index contributed by atoms with van der Waals surface area (Å²) in [4.78, 5) is 16.1. The molecule has 0 spiro atoms. The Bertz CT molecular complexity index is 597. The summed E-state index contributed by atoms with van der Waals surface area (Å²) in [6.07, 6.45) is 0. The number of esters is 1. The molecule has 0 aliphatic heterocycles. The van der Waals surface area contributed by atoms with Gasteiger partial charge in [-0.15, -0.1) is 0 Å². The predicted octanol–water partition coefficient (Wildman–Crippen LogP) is 2.25. The molecule has 0 saturated carbocycles. The van der Waals surface area contributed by atoms with Crippen molar-refractivity contribution in [1.29, 1.82) is 0 Å². The number of hydroxylamine groups is 1. The second-order valence-corrected chi connectivity index (χ2v) is 4.42. The fraction of sp³-hybridized carbons (Fsp3) is 0.188. The first kappa shape index (κ1) is 15.8. The topological polar surface area (TPSA) is 82.8 Å². The minimum Gasteiger partial charge on any atom is -0.457 e. The molecule has 3 N–H and O–H groups in total. The number of hydrogen-bond acceptors (Lipinski definition) is 6. The highest BCUT2D eigenvalue weighted by atomic mass is 16.6. The van der Waals surface area contributed by atoms with E-state index in [1.54, 1.807) is 48.5 Å². The number of benzene rings is 2. The molecule has 2 aromatic carbocycles. The molecule has 0 fully saturated rings. The van der Waals surface area contributed by atoms with E-state index in [1.165, 1.54) is 6.92 Å². The fourth-order valence-corrected chi connectivity index (χ4v) is 1.65. The number of hydrogen-bond donors (Lipinski definition) is 2. The molecule has 0 saturated heterocycles. The van der Waals surface area contributed by atoms with Gasteiger partial charge in [-0.05, 0) is 48.5 Å². The van der Waals surface area contributed by atoms with Gasteiger partial charge >= 0.3 is 5.97 Å². The number of carbonyl (C=O) groups excluding carboxylic acids is 1. The maximum absolute atomic E-state index is 10.8. The Morgan fingerprint density at radius 1 is 0.955 bits per heavy atom. The number of ether oxygens (including phenoxy) is 2. The number of nitrogens with one attached hydrogen (secondary N) is 1. The van der Waals surface area contributed by atoms with Crippen molar-refractivity contribution in [3.63, 3.8) is 0 Å². The second-order valence-electron chi connectivity index (χ2n) is 4.42. The summed E-state index contributed by atoms with van der Waals surface area (Å²) in [6.45, 7) is 2.44. The van der Waals surface area contributed by atoms with Gasteiger partial charge < -0.3 is 20.0 Å². The third-order valence-electron chi connectivity index (χ3n) is 2.58. The van der Waals surface area contributed by atoms with Crippen LogP contribution >= 0.6 is 0 Å². The summed E-state index contributed by atoms with van der Waals surface area (Å²) in [5.74, 6) is 2.12. The summed E-state index contributed by atoms with van der Waals surface area (Å²) in [6, 6.07) is 13.9. The lowest BCUT2D eigenvalue weighted by Crippen LogP contribution is -2.25. The predicted molar refractivity (Wildman–Crippen MR) is 82.0 cm³/mol. The minimum absolute atomic E-state index is 0.354. The van der Waals surface area contributed by atoms with E-state index in [-0.39, 0.29) is 5.97 Å². The van der Waals surface area contributed by atoms with E-state index in [1.807, 2.05) is 0 Å². The van der Waals surface area contributed by atoms with Crippen LogP contribution in [-0.4, -0.2) is 19.1 Å². The molecule has 0 amide bonds. The Labute approximate surface area is 128 Å². The molecule has 0 heterocycles. The first-order chi connectivity index (χ1) is 10.7. The van der Waals surface area contributed by atoms with E-state index < -0.39 is 0 Å². The maximum Gasteiger partial charge on any atom is 0.308 e. The average molecular weight is 302 g/mol. The van der Waals surface area contributed by atoms with Gasteiger partial charge in [-0.25, -0.2) is 0 Å². The fourth-order valence-electron chi connectivity index (χ4n) is 1.65. The number of rotatable bonds is 7. The number of carbonyl (C=O) groups is 1. The standard InChI is InChI=1S/C16H18N2O4/c1-12(19)20-13-2-4-14(5-3-13)21-15-6-8-16(9-7-15)22-18-11-10-17/h2-9,18H,10-11,17H2,1H3. The van der Waals surface area contributed by atoms with Crippen LogP contribution < -0.4 is 25.5 Å². The SMILES string of the molecule is CC(=O)Oc1ccc(Oc2ccc(ONCCN)cc2)cc1. The van der Waals surface area contributed by atoms with Gasteiger partial charge in [0.05, 0.1) is 0 Å². The van der Waals surface area contributed by atoms with Crippen LogP contribution in [0.4, 0.5) is 0 Å². The Kier molecular flexibility index (Phi) is 5.76. The summed E-state index contributed by atoms with van der Waals surface area (Å²) in [5, 5.41) is 0. The van der Waals surface area contributed by atoms with Crippen molar-refractivity contribution < 1.29 is 19.1 Å². The quantitative estimate of drug-likeness (QED) is 0.353. The van der Waals surface area contributed by atoms with Gasteiger partial charge in [0.1, 0.15) is 23.0 Å². The zero-order chi connectivity index (χ0) is 15.8. The summed E-state index contributed by atoms with van der Waals surface area (Å²) < 4.78 is 10.6. The maximum atomic E-state index is 10.8. The largest absolute Gasteiger partial charge is 0.457 e. The molecule has 0 aliphatic rings. The Morgan fingerprint density at radius 3 is 1.95 bits per heavy atom. The van der Waals surface area contributed by atoms with Gasteiger partial charge in [0, 0.05) is 20.0 Å². The van der Waals surface area contributed by atoms with Crippen LogP contribution in [0.1, 0.15) is 6.92 Å². The molecular formula is C16H18N2O4. The monoisotopic (exact) mass is 302 g/mol. The van der Waals surface area contributed by atoms with Gasteiger partial charge in [-0.2, -0.15) is 5.48 Å². The van der Waals surface area contributed by atoms with Crippen LogP contribution in [0.25, 0.3) is 0 Å². The van der Waals surface area contributed by atoms with E-state index >= 15 is 0 Å². The van der Waals surface area contributed by atoms with Gasteiger partial charge in [0.25, 0.3) is 0 Å². The molecule has 0 atom stereocenters. The summed E-state index contributed by atoms with van der Waals surface area (Å²) >= 11 is 0. The zero-order valence-electron chi connectivity index (χ0n) is 12.2. The van der Waals surface area contributed by atoms with E-state index in [9.17, 15) is 4.79 Å². The van der Waals surface area contributed by atoms with E-state index in [0.717, 1.165) is 0 Å². The lowest BCUT2D eigenvalue weighted by atomic mass is 10.3. The van der Waals surface area contributed by atoms with E-state index in [4.69, 9.17) is 20.0 Å². The van der Waals surface area contributed by atoms with Crippen LogP contribution in [-0.2, 0) is 4.79 Å². The van der Waals surface area contributed by atoms with Crippen molar-refractivity contribution in [2.75, 3.05) is 13.1 Å². The van der Waals surface area contributed by atoms with Crippen molar-refractivity contribution in [2.45, 2.75) is 6.92 Å². The van der Waals surface area contributed by atoms with Crippen molar-refractivity contribution in [1.82, 2.24) is 5.48 Å². The first-order valence-corrected chi connectivity index (χ1v) is 6.83. The Morgan fingerprint density at radius 2 is 1.45 bits per heavy atom. The van der Waals surface area contributed by atoms with Crippen LogP contribution in [0.5, 0.6) is 23.0 Å². The van der Waals surface area contributed by atoms with Crippen LogP contribution in [0.3, 0.4) is 0 Å². The van der Waals surface area contributed by atoms with Gasteiger partial charge in [0.2, 0.25) is 0 Å². The third kappa shape index (κ3) is 5.08. The molecule has 6 heteroatoms. The van der Waals surface area contributed by atoms with Crippen LogP contribution in [0.15, 0.2) is 48.5 Å². The third-order valence-corrected chi connectivity index (χ3v) is 2.58. The Hall–Kier alpha value is -2.57. The molecule has 2 rings (SSSR count). The lowest BCUT2D eigenvalue weighted by molar-refractivity contribution is -0.131. The van der Waals surface area contributed by atoms with E-state index in [0.29, 0.717) is 36.1 Å². The van der Waals surface area contributed by atoms with Crippen LogP contribution in [0, 0.1) is 0 Å². The summed E-state index contributed by atoms with van der Waals surface area (Å²) in [5.41, 5.74) is 8.08. The van der Waals surface area contributed by atoms with Crippen molar-refractivity contribution in [3.8, 4) is 23.0 Å². The zero-order valence-corrected chi connectivity index (χ0v) is 12.2. The molecule has 116 valence electrons. The molecule has 2 aromatic rings. The normalized spacial score (nSPS) is 10.1. The molecule has 0 aliphatic carbocycles. The van der Waals surface area contributed by atoms with E-state index in [2.05, 4.69) is 5.48 Å². The molecule has 0 aromatic heterocycles. The average Bonchev–Trinajstić information content (AvgIpc) is 2.51. The molecular weight excluding hydrogens is 284 g/mol. The van der Waals surface area contributed by atoms with Gasteiger partial charge in [-0.3, -0.25) is 4.79 Å². The number of nitrogens with two attached hydrogens (primary N) is 1. The van der Waals surface area contributed by atoms with Crippen molar-refractivity contribution in [2.24, 2.45) is 5.73 Å². The van der Waals surface area contributed by atoms with Gasteiger partial charge in [0.15, 0.2) is 0 Å². The summed E-state index contributed by atoms with van der Waals surface area (Å²) in [7, 11) is 0. The molecule has 0 bridgehead atoms. The molecule has 22 heavy (non-hydrogen) atoms. The first-order valence-electron chi connectivity index (χ1n) is 6.83.